The molecule has 0 aliphatic heterocycles. The van der Waals surface area contributed by atoms with Gasteiger partial charge in [-0.3, -0.25) is 10.1 Å². The fraction of sp³-hybridized carbons (Fsp3) is 0.400. The Bertz CT molecular complexity index is 661. The second kappa shape index (κ2) is 5.65. The number of nitrogens with zero attached hydrogens (tertiary/aromatic N) is 2. The minimum Gasteiger partial charge on any atom is -0.341 e. The van der Waals surface area contributed by atoms with Crippen molar-refractivity contribution in [3.8, 4) is 11.3 Å². The number of aryl methyl sites for hydroxylation is 1. The molecule has 3 rings (SSSR count). The zero-order valence-corrected chi connectivity index (χ0v) is 11.9. The number of nitrogens with one attached hydrogen (secondary N) is 2. The maximum atomic E-state index is 11.0. The molecule has 1 aromatic carbocycles. The number of rotatable bonds is 6. The quantitative estimate of drug-likeness (QED) is 0.631. The van der Waals surface area contributed by atoms with Crippen molar-refractivity contribution in [1.29, 1.82) is 0 Å². The van der Waals surface area contributed by atoms with Gasteiger partial charge in [-0.2, -0.15) is 0 Å². The van der Waals surface area contributed by atoms with Crippen LogP contribution in [0.25, 0.3) is 11.3 Å². The molecule has 6 heteroatoms. The number of hydrogen-bond donors (Lipinski definition) is 2. The van der Waals surface area contributed by atoms with Crippen LogP contribution in [-0.4, -0.2) is 21.4 Å². The van der Waals surface area contributed by atoms with E-state index in [-0.39, 0.29) is 10.6 Å². The van der Waals surface area contributed by atoms with Crippen molar-refractivity contribution in [1.82, 2.24) is 15.3 Å². The van der Waals surface area contributed by atoms with Gasteiger partial charge in [0.1, 0.15) is 5.82 Å². The molecular formula is C15H18N4O2. The Morgan fingerprint density at radius 2 is 2.29 bits per heavy atom. The standard InChI is InChI=1S/C15H18N4O2/c1-10-2-5-12(6-14(10)19(20)21)13-8-17-15(18-13)9-16-7-11-3-4-11/h2,5-6,8,11,16H,3-4,7,9H2,1H3,(H,17,18). The van der Waals surface area contributed by atoms with Crippen molar-refractivity contribution in [3.63, 3.8) is 0 Å². The Morgan fingerprint density at radius 3 is 3.00 bits per heavy atom. The van der Waals surface area contributed by atoms with Gasteiger partial charge in [-0.25, -0.2) is 4.98 Å². The molecule has 0 radical (unpaired) electrons. The number of nitro groups is 1. The highest BCUT2D eigenvalue weighted by molar-refractivity contribution is 5.63. The molecule has 1 fully saturated rings. The fourth-order valence-corrected chi connectivity index (χ4v) is 2.29. The van der Waals surface area contributed by atoms with Crippen LogP contribution in [0.3, 0.4) is 0 Å². The third-order valence-electron chi connectivity index (χ3n) is 3.77. The summed E-state index contributed by atoms with van der Waals surface area (Å²) in [5.74, 6) is 1.69. The van der Waals surface area contributed by atoms with Gasteiger partial charge in [0.15, 0.2) is 0 Å². The van der Waals surface area contributed by atoms with Crippen molar-refractivity contribution in [2.24, 2.45) is 5.92 Å². The summed E-state index contributed by atoms with van der Waals surface area (Å²) >= 11 is 0. The first-order valence-electron chi connectivity index (χ1n) is 7.13. The van der Waals surface area contributed by atoms with E-state index < -0.39 is 0 Å². The summed E-state index contributed by atoms with van der Waals surface area (Å²) in [6.45, 7) is 3.47. The third kappa shape index (κ3) is 3.28. The lowest BCUT2D eigenvalue weighted by molar-refractivity contribution is -0.385. The van der Waals surface area contributed by atoms with E-state index in [1.54, 1.807) is 25.3 Å². The van der Waals surface area contributed by atoms with Crippen LogP contribution in [-0.2, 0) is 6.54 Å². The van der Waals surface area contributed by atoms with E-state index in [0.29, 0.717) is 12.1 Å². The van der Waals surface area contributed by atoms with Gasteiger partial charge in [0.25, 0.3) is 5.69 Å². The zero-order valence-electron chi connectivity index (χ0n) is 11.9. The minimum atomic E-state index is -0.354. The van der Waals surface area contributed by atoms with Gasteiger partial charge in [-0.15, -0.1) is 0 Å². The molecule has 0 bridgehead atoms. The average molecular weight is 286 g/mol. The monoisotopic (exact) mass is 286 g/mol. The molecule has 1 aliphatic carbocycles. The summed E-state index contributed by atoms with van der Waals surface area (Å²) < 4.78 is 0. The van der Waals surface area contributed by atoms with Crippen molar-refractivity contribution in [3.05, 3.63) is 45.9 Å². The zero-order chi connectivity index (χ0) is 14.8. The molecule has 0 saturated heterocycles. The van der Waals surface area contributed by atoms with Crippen molar-refractivity contribution in [2.45, 2.75) is 26.3 Å². The van der Waals surface area contributed by atoms with Crippen LogP contribution >= 0.6 is 0 Å². The summed E-state index contributed by atoms with van der Waals surface area (Å²) in [7, 11) is 0. The Hall–Kier alpha value is -2.21. The van der Waals surface area contributed by atoms with Crippen LogP contribution in [0.5, 0.6) is 0 Å². The predicted molar refractivity (Wildman–Crippen MR) is 79.8 cm³/mol. The topological polar surface area (TPSA) is 83.8 Å². The maximum Gasteiger partial charge on any atom is 0.272 e. The molecule has 0 atom stereocenters. The molecule has 1 saturated carbocycles. The molecule has 0 unspecified atom stereocenters. The van der Waals surface area contributed by atoms with Gasteiger partial charge < -0.3 is 10.3 Å². The highest BCUT2D eigenvalue weighted by Gasteiger charge is 2.20. The SMILES string of the molecule is Cc1ccc(-c2cnc(CNCC3CC3)[nH]2)cc1[N+](=O)[O-]. The molecule has 1 aromatic heterocycles. The number of aromatic amines is 1. The Morgan fingerprint density at radius 1 is 1.48 bits per heavy atom. The van der Waals surface area contributed by atoms with E-state index in [4.69, 9.17) is 0 Å². The van der Waals surface area contributed by atoms with Crippen molar-refractivity contribution < 1.29 is 4.92 Å². The minimum absolute atomic E-state index is 0.135. The highest BCUT2D eigenvalue weighted by Crippen LogP contribution is 2.28. The number of hydrogen-bond acceptors (Lipinski definition) is 4. The second-order valence-corrected chi connectivity index (χ2v) is 5.58. The Labute approximate surface area is 122 Å². The van der Waals surface area contributed by atoms with Gasteiger partial charge in [-0.1, -0.05) is 12.1 Å². The molecular weight excluding hydrogens is 268 g/mol. The lowest BCUT2D eigenvalue weighted by Gasteiger charge is -2.02. The first-order valence-corrected chi connectivity index (χ1v) is 7.13. The molecule has 0 amide bonds. The van der Waals surface area contributed by atoms with Gasteiger partial charge in [0.2, 0.25) is 0 Å². The van der Waals surface area contributed by atoms with E-state index in [1.165, 1.54) is 12.8 Å². The second-order valence-electron chi connectivity index (χ2n) is 5.58. The molecule has 1 heterocycles. The van der Waals surface area contributed by atoms with Crippen LogP contribution in [0.4, 0.5) is 5.69 Å². The molecule has 0 spiro atoms. The number of imidazole rings is 1. The van der Waals surface area contributed by atoms with E-state index >= 15 is 0 Å². The molecule has 21 heavy (non-hydrogen) atoms. The van der Waals surface area contributed by atoms with Gasteiger partial charge in [0, 0.05) is 17.2 Å². The van der Waals surface area contributed by atoms with Gasteiger partial charge >= 0.3 is 0 Å². The number of aromatic nitrogens is 2. The first kappa shape index (κ1) is 13.8. The van der Waals surface area contributed by atoms with E-state index in [9.17, 15) is 10.1 Å². The van der Waals surface area contributed by atoms with Crippen LogP contribution in [0, 0.1) is 23.0 Å². The number of nitro benzene ring substituents is 1. The van der Waals surface area contributed by atoms with Crippen LogP contribution in [0.15, 0.2) is 24.4 Å². The molecule has 2 aromatic rings. The van der Waals surface area contributed by atoms with Gasteiger partial charge in [-0.05, 0) is 32.2 Å². The summed E-state index contributed by atoms with van der Waals surface area (Å²) in [6.07, 6.45) is 4.37. The molecule has 1 aliphatic rings. The number of H-pyrrole nitrogens is 1. The molecule has 110 valence electrons. The predicted octanol–water partition coefficient (Wildman–Crippen LogP) is 2.79. The normalized spacial score (nSPS) is 14.3. The highest BCUT2D eigenvalue weighted by atomic mass is 16.6. The largest absolute Gasteiger partial charge is 0.341 e. The lowest BCUT2D eigenvalue weighted by Crippen LogP contribution is -2.16. The Balaban J connectivity index is 1.72. The summed E-state index contributed by atoms with van der Waals surface area (Å²) in [5, 5.41) is 14.4. The third-order valence-corrected chi connectivity index (χ3v) is 3.77. The lowest BCUT2D eigenvalue weighted by atomic mass is 10.1. The summed E-state index contributed by atoms with van der Waals surface area (Å²) in [4.78, 5) is 18.2. The maximum absolute atomic E-state index is 11.0. The van der Waals surface area contributed by atoms with E-state index in [0.717, 1.165) is 29.5 Å². The van der Waals surface area contributed by atoms with E-state index in [2.05, 4.69) is 15.3 Å². The summed E-state index contributed by atoms with van der Waals surface area (Å²) in [6, 6.07) is 5.22. The molecule has 2 N–H and O–H groups in total. The van der Waals surface area contributed by atoms with Crippen LogP contribution in [0.2, 0.25) is 0 Å². The van der Waals surface area contributed by atoms with E-state index in [1.807, 2.05) is 6.07 Å². The first-order chi connectivity index (χ1) is 10.1. The fourth-order valence-electron chi connectivity index (χ4n) is 2.29. The van der Waals surface area contributed by atoms with Gasteiger partial charge in [0.05, 0.1) is 23.4 Å². The average Bonchev–Trinajstić information content (AvgIpc) is 3.16. The number of benzene rings is 1. The van der Waals surface area contributed by atoms with Crippen LogP contribution in [0.1, 0.15) is 24.2 Å². The van der Waals surface area contributed by atoms with Crippen molar-refractivity contribution in [2.75, 3.05) is 6.54 Å². The van der Waals surface area contributed by atoms with Crippen molar-refractivity contribution >= 4 is 5.69 Å². The Kier molecular flexibility index (Phi) is 3.70. The molecule has 6 nitrogen and oxygen atoms in total. The summed E-state index contributed by atoms with van der Waals surface area (Å²) in [5.41, 5.74) is 2.39. The van der Waals surface area contributed by atoms with Crippen LogP contribution < -0.4 is 5.32 Å². The smallest absolute Gasteiger partial charge is 0.272 e.